The highest BCUT2D eigenvalue weighted by Crippen LogP contribution is 2.17. The zero-order chi connectivity index (χ0) is 39.2. The Balaban J connectivity index is 0.895. The minimum absolute atomic E-state index is 0.274. The van der Waals surface area contributed by atoms with Crippen LogP contribution in [0.3, 0.4) is 0 Å². The Morgan fingerprint density at radius 1 is 0.411 bits per heavy atom. The molecule has 294 valence electrons. The Labute approximate surface area is 326 Å². The second kappa shape index (κ2) is 23.1. The molecule has 0 radical (unpaired) electrons. The second-order valence-corrected chi connectivity index (χ2v) is 12.4. The van der Waals surface area contributed by atoms with Crippen LogP contribution in [-0.2, 0) is 32.0 Å². The monoisotopic (exact) mass is 764 g/mol. The van der Waals surface area contributed by atoms with Gasteiger partial charge in [-0.25, -0.2) is 0 Å². The Bertz CT molecular complexity index is 1920. The molecule has 0 aliphatic carbocycles. The van der Waals surface area contributed by atoms with Gasteiger partial charge in [0.15, 0.2) is 11.5 Å². The highest BCUT2D eigenvalue weighted by Gasteiger charge is 2.03. The zero-order valence-corrected chi connectivity index (χ0v) is 31.2. The summed E-state index contributed by atoms with van der Waals surface area (Å²) in [5, 5.41) is 18.9. The maximum Gasteiger partial charge on any atom is 0.292 e. The predicted molar refractivity (Wildman–Crippen MR) is 216 cm³/mol. The lowest BCUT2D eigenvalue weighted by molar-refractivity contribution is 0.0338. The van der Waals surface area contributed by atoms with E-state index in [2.05, 4.69) is 48.6 Å². The highest BCUT2D eigenvalue weighted by atomic mass is 16.5. The number of benzene rings is 3. The van der Waals surface area contributed by atoms with E-state index in [1.165, 1.54) is 21.3 Å². The summed E-state index contributed by atoms with van der Waals surface area (Å²) in [6.45, 7) is 4.74. The van der Waals surface area contributed by atoms with Crippen LogP contribution in [-0.4, -0.2) is 85.4 Å². The van der Waals surface area contributed by atoms with Crippen molar-refractivity contribution in [2.75, 3.05) is 66.1 Å². The molecule has 56 heavy (non-hydrogen) atoms. The molecular weight excluding hydrogens is 716 g/mol. The summed E-state index contributed by atoms with van der Waals surface area (Å²) < 4.78 is 36.5. The average Bonchev–Trinajstić information content (AvgIpc) is 3.22. The van der Waals surface area contributed by atoms with Crippen LogP contribution in [0, 0.1) is 0 Å². The van der Waals surface area contributed by atoms with Crippen molar-refractivity contribution in [3.8, 4) is 23.0 Å². The molecule has 12 heteroatoms. The first-order valence-electron chi connectivity index (χ1n) is 18.4. The first kappa shape index (κ1) is 41.2. The number of hydrogen-bond donors (Lipinski definition) is 2. The van der Waals surface area contributed by atoms with E-state index in [0.29, 0.717) is 79.2 Å². The molecule has 2 heterocycles. The normalized spacial score (nSPS) is 11.4. The molecule has 0 atom stereocenters. The van der Waals surface area contributed by atoms with Gasteiger partial charge in [-0.2, -0.15) is 0 Å². The van der Waals surface area contributed by atoms with E-state index in [0.717, 1.165) is 33.8 Å². The number of pyridine rings is 2. The lowest BCUT2D eigenvalue weighted by Gasteiger charge is -2.09. The standard InChI is InChI=1S/C44H48N2O10/c47-41-3-1-21-45(43(41)49)23-25-51-27-29-53-31-33-55-39-17-13-37(14-18-39)11-9-35-5-7-36(8-6-35)10-12-38-15-19-40(20-16-38)56-34-32-54-30-28-52-26-24-46-22-2-4-42(48)44(46)50/h1-22,47-48H,23-34H2/b11-9+,12-10+. The minimum Gasteiger partial charge on any atom is -0.503 e. The van der Waals surface area contributed by atoms with Crippen molar-refractivity contribution in [1.82, 2.24) is 9.13 Å². The summed E-state index contributed by atoms with van der Waals surface area (Å²) in [7, 11) is 0. The van der Waals surface area contributed by atoms with E-state index in [-0.39, 0.29) is 11.5 Å². The van der Waals surface area contributed by atoms with Gasteiger partial charge < -0.3 is 47.8 Å². The van der Waals surface area contributed by atoms with E-state index in [1.807, 2.05) is 48.5 Å². The van der Waals surface area contributed by atoms with Gasteiger partial charge in [0.05, 0.1) is 52.9 Å². The number of aromatic nitrogens is 2. The van der Waals surface area contributed by atoms with Crippen molar-refractivity contribution in [2.24, 2.45) is 0 Å². The second-order valence-electron chi connectivity index (χ2n) is 12.4. The number of nitrogens with zero attached hydrogens (tertiary/aromatic N) is 2. The summed E-state index contributed by atoms with van der Waals surface area (Å²) >= 11 is 0. The van der Waals surface area contributed by atoms with Gasteiger partial charge >= 0.3 is 0 Å². The summed E-state index contributed by atoms with van der Waals surface area (Å²) in [4.78, 5) is 23.5. The molecular formula is C44H48N2O10. The number of rotatable bonds is 24. The molecule has 2 N–H and O–H groups in total. The van der Waals surface area contributed by atoms with E-state index in [1.54, 1.807) is 24.5 Å². The molecule has 0 unspecified atom stereocenters. The summed E-state index contributed by atoms with van der Waals surface area (Å²) in [5.41, 5.74) is 3.45. The van der Waals surface area contributed by atoms with Crippen LogP contribution in [0.2, 0.25) is 0 Å². The molecule has 12 nitrogen and oxygen atoms in total. The highest BCUT2D eigenvalue weighted by molar-refractivity contribution is 5.73. The van der Waals surface area contributed by atoms with Crippen molar-refractivity contribution in [3.63, 3.8) is 0 Å². The molecule has 0 amide bonds. The SMILES string of the molecule is O=c1c(O)cccn1CCOCCOCCOc1ccc(/C=C/c2ccc(/C=C/c3ccc(OCCOCCOCCn4cccc(O)c4=O)cc3)cc2)cc1. The molecule has 0 aliphatic rings. The fourth-order valence-corrected chi connectivity index (χ4v) is 5.26. The summed E-state index contributed by atoms with van der Waals surface area (Å²) in [6.07, 6.45) is 11.5. The van der Waals surface area contributed by atoms with Crippen LogP contribution < -0.4 is 20.6 Å². The van der Waals surface area contributed by atoms with Gasteiger partial charge in [-0.05, 0) is 70.8 Å². The van der Waals surface area contributed by atoms with Crippen molar-refractivity contribution in [1.29, 1.82) is 0 Å². The van der Waals surface area contributed by atoms with Crippen LogP contribution in [0.25, 0.3) is 24.3 Å². The smallest absolute Gasteiger partial charge is 0.292 e. The Morgan fingerprint density at radius 3 is 1.07 bits per heavy atom. The molecule has 0 spiro atoms. The average molecular weight is 765 g/mol. The summed E-state index contributed by atoms with van der Waals surface area (Å²) in [5.74, 6) is 0.983. The van der Waals surface area contributed by atoms with E-state index >= 15 is 0 Å². The fourth-order valence-electron chi connectivity index (χ4n) is 5.26. The van der Waals surface area contributed by atoms with Crippen LogP contribution >= 0.6 is 0 Å². The molecule has 5 rings (SSSR count). The first-order chi connectivity index (χ1) is 27.4. The van der Waals surface area contributed by atoms with Crippen molar-refractivity contribution < 1.29 is 38.6 Å². The molecule has 0 saturated heterocycles. The Kier molecular flexibility index (Phi) is 17.0. The topological polar surface area (TPSA) is 140 Å². The van der Waals surface area contributed by atoms with Gasteiger partial charge in [0.25, 0.3) is 11.1 Å². The van der Waals surface area contributed by atoms with Gasteiger partial charge in [-0.1, -0.05) is 72.8 Å². The zero-order valence-electron chi connectivity index (χ0n) is 31.2. The van der Waals surface area contributed by atoms with Gasteiger partial charge in [-0.3, -0.25) is 9.59 Å². The van der Waals surface area contributed by atoms with Crippen LogP contribution in [0.5, 0.6) is 23.0 Å². The molecule has 0 aliphatic heterocycles. The lowest BCUT2D eigenvalue weighted by atomic mass is 10.1. The third-order valence-corrected chi connectivity index (χ3v) is 8.32. The van der Waals surface area contributed by atoms with Gasteiger partial charge in [0.2, 0.25) is 0 Å². The van der Waals surface area contributed by atoms with E-state index < -0.39 is 11.1 Å². The maximum absolute atomic E-state index is 11.8. The molecule has 0 saturated carbocycles. The predicted octanol–water partition coefficient (Wildman–Crippen LogP) is 5.99. The van der Waals surface area contributed by atoms with Gasteiger partial charge in [-0.15, -0.1) is 0 Å². The lowest BCUT2D eigenvalue weighted by Crippen LogP contribution is -2.21. The molecule has 2 aromatic heterocycles. The van der Waals surface area contributed by atoms with Crippen LogP contribution in [0.15, 0.2) is 119 Å². The van der Waals surface area contributed by atoms with Crippen molar-refractivity contribution in [3.05, 3.63) is 152 Å². The van der Waals surface area contributed by atoms with Crippen LogP contribution in [0.1, 0.15) is 22.3 Å². The quantitative estimate of drug-likeness (QED) is 0.0570. The first-order valence-corrected chi connectivity index (χ1v) is 18.4. The largest absolute Gasteiger partial charge is 0.503 e. The molecule has 0 fully saturated rings. The van der Waals surface area contributed by atoms with Crippen molar-refractivity contribution in [2.45, 2.75) is 13.1 Å². The molecule has 0 bridgehead atoms. The van der Waals surface area contributed by atoms with Crippen molar-refractivity contribution >= 4 is 24.3 Å². The number of ether oxygens (including phenoxy) is 6. The Morgan fingerprint density at radius 2 is 0.714 bits per heavy atom. The molecule has 5 aromatic rings. The van der Waals surface area contributed by atoms with E-state index in [9.17, 15) is 19.8 Å². The number of hydrogen-bond acceptors (Lipinski definition) is 10. The number of aromatic hydroxyl groups is 2. The maximum atomic E-state index is 11.8. The third-order valence-electron chi connectivity index (χ3n) is 8.32. The van der Waals surface area contributed by atoms with Gasteiger partial charge in [0.1, 0.15) is 24.7 Å². The third kappa shape index (κ3) is 14.4. The minimum atomic E-state index is -0.432. The van der Waals surface area contributed by atoms with Gasteiger partial charge in [0, 0.05) is 25.5 Å². The fraction of sp³-hybridized carbons (Fsp3) is 0.273. The molecule has 3 aromatic carbocycles. The van der Waals surface area contributed by atoms with E-state index in [4.69, 9.17) is 28.4 Å². The summed E-state index contributed by atoms with van der Waals surface area (Å²) in [6, 6.07) is 30.0. The van der Waals surface area contributed by atoms with Crippen LogP contribution in [0.4, 0.5) is 0 Å². The Hall–Kier alpha value is -5.92.